The maximum atomic E-state index is 13.0. The highest BCUT2D eigenvalue weighted by atomic mass is 16.5. The van der Waals surface area contributed by atoms with Crippen molar-refractivity contribution in [1.29, 1.82) is 0 Å². The summed E-state index contributed by atoms with van der Waals surface area (Å²) in [5.41, 5.74) is 0.865. The molecule has 0 bridgehead atoms. The average Bonchev–Trinajstić information content (AvgIpc) is 3.11. The minimum absolute atomic E-state index is 0.131. The lowest BCUT2D eigenvalue weighted by atomic mass is 9.80. The van der Waals surface area contributed by atoms with Gasteiger partial charge in [-0.05, 0) is 52.1 Å². The molecule has 0 spiro atoms. The van der Waals surface area contributed by atoms with Crippen LogP contribution in [0.5, 0.6) is 0 Å². The lowest BCUT2D eigenvalue weighted by molar-refractivity contribution is -0.149. The van der Waals surface area contributed by atoms with Gasteiger partial charge in [-0.25, -0.2) is 4.79 Å². The zero-order valence-electron chi connectivity index (χ0n) is 18.5. The molecule has 2 amide bonds. The maximum absolute atomic E-state index is 13.0. The Kier molecular flexibility index (Phi) is 7.54. The lowest BCUT2D eigenvalue weighted by Gasteiger charge is -2.43. The molecule has 2 N–H and O–H groups in total. The number of benzene rings is 1. The third-order valence-electron chi connectivity index (χ3n) is 6.64. The molecular weight excluding hydrogens is 398 g/mol. The number of ether oxygens (including phenoxy) is 1. The molecule has 1 unspecified atom stereocenters. The molecule has 1 aliphatic heterocycles. The van der Waals surface area contributed by atoms with Crippen LogP contribution in [0, 0.1) is 5.92 Å². The van der Waals surface area contributed by atoms with Crippen LogP contribution in [0.4, 0.5) is 4.79 Å². The second kappa shape index (κ2) is 10.1. The summed E-state index contributed by atoms with van der Waals surface area (Å²) in [4.78, 5) is 41.0. The van der Waals surface area contributed by atoms with E-state index in [1.165, 1.54) is 0 Å². The van der Waals surface area contributed by atoms with Gasteiger partial charge in [0.15, 0.2) is 0 Å². The first kappa shape index (κ1) is 23.1. The number of nitrogens with one attached hydrogen (secondary N) is 1. The summed E-state index contributed by atoms with van der Waals surface area (Å²) in [7, 11) is 2.02. The van der Waals surface area contributed by atoms with Crippen LogP contribution in [0.25, 0.3) is 0 Å². The number of carboxylic acid groups (broad SMARTS) is 1. The highest BCUT2D eigenvalue weighted by molar-refractivity contribution is 5.88. The maximum Gasteiger partial charge on any atom is 0.408 e. The van der Waals surface area contributed by atoms with Crippen LogP contribution in [-0.2, 0) is 20.9 Å². The Balaban J connectivity index is 1.56. The van der Waals surface area contributed by atoms with Crippen molar-refractivity contribution in [2.45, 2.75) is 70.3 Å². The second-order valence-corrected chi connectivity index (χ2v) is 8.82. The van der Waals surface area contributed by atoms with Gasteiger partial charge in [-0.2, -0.15) is 0 Å². The van der Waals surface area contributed by atoms with Gasteiger partial charge in [-0.15, -0.1) is 0 Å². The number of likely N-dealkylation sites (tertiary alicyclic amines) is 1. The van der Waals surface area contributed by atoms with Gasteiger partial charge in [0.2, 0.25) is 5.91 Å². The van der Waals surface area contributed by atoms with Crippen molar-refractivity contribution >= 4 is 18.0 Å². The van der Waals surface area contributed by atoms with E-state index in [4.69, 9.17) is 4.74 Å². The van der Waals surface area contributed by atoms with Crippen LogP contribution >= 0.6 is 0 Å². The zero-order chi connectivity index (χ0) is 22.5. The molecule has 1 aliphatic carbocycles. The van der Waals surface area contributed by atoms with Gasteiger partial charge in [0.1, 0.15) is 12.6 Å². The van der Waals surface area contributed by atoms with E-state index in [9.17, 15) is 19.5 Å². The third kappa shape index (κ3) is 5.55. The SMILES string of the molecule is CC(C)N(C)[C@@H]1CCC(N2CC[C@H](NC(=O)OCc3ccccc3)C2=O)[C@H](C(=O)O)C1. The molecule has 2 aliphatic rings. The number of hydrogen-bond acceptors (Lipinski definition) is 5. The fourth-order valence-corrected chi connectivity index (χ4v) is 4.63. The first-order chi connectivity index (χ1) is 14.8. The van der Waals surface area contributed by atoms with Crippen molar-refractivity contribution in [1.82, 2.24) is 15.1 Å². The molecule has 31 heavy (non-hydrogen) atoms. The van der Waals surface area contributed by atoms with Gasteiger partial charge >= 0.3 is 12.1 Å². The van der Waals surface area contributed by atoms with Gasteiger partial charge in [0, 0.05) is 24.7 Å². The highest BCUT2D eigenvalue weighted by Gasteiger charge is 2.45. The van der Waals surface area contributed by atoms with E-state index in [2.05, 4.69) is 24.1 Å². The van der Waals surface area contributed by atoms with E-state index in [0.29, 0.717) is 31.8 Å². The number of amides is 2. The number of hydrogen-bond donors (Lipinski definition) is 2. The molecule has 170 valence electrons. The third-order valence-corrected chi connectivity index (χ3v) is 6.64. The van der Waals surface area contributed by atoms with Crippen LogP contribution < -0.4 is 5.32 Å². The molecule has 0 aromatic heterocycles. The van der Waals surface area contributed by atoms with Crippen molar-refractivity contribution in [2.75, 3.05) is 13.6 Å². The Morgan fingerprint density at radius 1 is 1.23 bits per heavy atom. The highest BCUT2D eigenvalue weighted by Crippen LogP contribution is 2.34. The molecule has 1 saturated carbocycles. The quantitative estimate of drug-likeness (QED) is 0.688. The molecule has 3 rings (SSSR count). The second-order valence-electron chi connectivity index (χ2n) is 8.82. The molecule has 0 radical (unpaired) electrons. The normalized spacial score (nSPS) is 26.4. The van der Waals surface area contributed by atoms with Crippen LogP contribution in [0.3, 0.4) is 0 Å². The Labute approximate surface area is 183 Å². The number of carbonyl (C=O) groups is 3. The van der Waals surface area contributed by atoms with Crippen LogP contribution in [0.1, 0.15) is 45.1 Å². The van der Waals surface area contributed by atoms with Crippen molar-refractivity contribution < 1.29 is 24.2 Å². The minimum Gasteiger partial charge on any atom is -0.481 e. The Morgan fingerprint density at radius 3 is 2.58 bits per heavy atom. The Hall–Kier alpha value is -2.61. The summed E-state index contributed by atoms with van der Waals surface area (Å²) in [5, 5.41) is 12.5. The topological polar surface area (TPSA) is 99.2 Å². The molecule has 1 saturated heterocycles. The first-order valence-corrected chi connectivity index (χ1v) is 11.0. The molecule has 8 nitrogen and oxygen atoms in total. The summed E-state index contributed by atoms with van der Waals surface area (Å²) >= 11 is 0. The molecule has 1 aromatic rings. The molecular formula is C23H33N3O5. The van der Waals surface area contributed by atoms with E-state index in [1.807, 2.05) is 37.4 Å². The van der Waals surface area contributed by atoms with Crippen LogP contribution in [-0.4, -0.2) is 70.6 Å². The fourth-order valence-electron chi connectivity index (χ4n) is 4.63. The summed E-state index contributed by atoms with van der Waals surface area (Å²) in [6.45, 7) is 4.77. The summed E-state index contributed by atoms with van der Waals surface area (Å²) < 4.78 is 5.22. The summed E-state index contributed by atoms with van der Waals surface area (Å²) in [5.74, 6) is -1.69. The van der Waals surface area contributed by atoms with Crippen LogP contribution in [0.15, 0.2) is 30.3 Å². The Bertz CT molecular complexity index is 785. The molecule has 1 aromatic carbocycles. The number of rotatable bonds is 7. The number of alkyl carbamates (subject to hydrolysis) is 1. The number of carbonyl (C=O) groups excluding carboxylic acids is 2. The van der Waals surface area contributed by atoms with Crippen molar-refractivity contribution in [3.8, 4) is 0 Å². The van der Waals surface area contributed by atoms with Gasteiger partial charge in [-0.3, -0.25) is 9.59 Å². The van der Waals surface area contributed by atoms with E-state index < -0.39 is 24.0 Å². The van der Waals surface area contributed by atoms with Gasteiger partial charge in [0.05, 0.1) is 5.92 Å². The predicted molar refractivity (Wildman–Crippen MR) is 115 cm³/mol. The average molecular weight is 432 g/mol. The molecule has 2 fully saturated rings. The predicted octanol–water partition coefficient (Wildman–Crippen LogP) is 2.48. The van der Waals surface area contributed by atoms with Crippen LogP contribution in [0.2, 0.25) is 0 Å². The zero-order valence-corrected chi connectivity index (χ0v) is 18.5. The van der Waals surface area contributed by atoms with Gasteiger partial charge in [0.25, 0.3) is 0 Å². The fraction of sp³-hybridized carbons (Fsp3) is 0.609. The van der Waals surface area contributed by atoms with Gasteiger partial charge in [-0.1, -0.05) is 30.3 Å². The largest absolute Gasteiger partial charge is 0.481 e. The first-order valence-electron chi connectivity index (χ1n) is 11.0. The summed E-state index contributed by atoms with van der Waals surface area (Å²) in [6.07, 6.45) is 1.84. The number of carboxylic acids is 1. The monoisotopic (exact) mass is 431 g/mol. The summed E-state index contributed by atoms with van der Waals surface area (Å²) in [6, 6.07) is 8.83. The van der Waals surface area contributed by atoms with Crippen molar-refractivity contribution in [3.63, 3.8) is 0 Å². The van der Waals surface area contributed by atoms with E-state index in [1.54, 1.807) is 4.90 Å². The van der Waals surface area contributed by atoms with Gasteiger partial charge < -0.3 is 25.0 Å². The molecule has 8 heteroatoms. The minimum atomic E-state index is -0.863. The number of aliphatic carboxylic acids is 1. The lowest BCUT2D eigenvalue weighted by Crippen LogP contribution is -2.53. The van der Waals surface area contributed by atoms with E-state index >= 15 is 0 Å². The number of nitrogens with zero attached hydrogens (tertiary/aromatic N) is 2. The molecule has 1 heterocycles. The van der Waals surface area contributed by atoms with Crippen molar-refractivity contribution in [3.05, 3.63) is 35.9 Å². The van der Waals surface area contributed by atoms with Crippen molar-refractivity contribution in [2.24, 2.45) is 5.92 Å². The van der Waals surface area contributed by atoms with E-state index in [0.717, 1.165) is 12.0 Å². The smallest absolute Gasteiger partial charge is 0.408 e. The Morgan fingerprint density at radius 2 is 1.94 bits per heavy atom. The van der Waals surface area contributed by atoms with E-state index in [-0.39, 0.29) is 24.6 Å². The standard InChI is InChI=1S/C23H33N3O5/c1-15(2)25(3)17-9-10-20(18(13-17)22(28)29)26-12-11-19(21(26)27)24-23(30)31-14-16-7-5-4-6-8-16/h4-8,15,17-20H,9-14H2,1-3H3,(H,24,30)(H,28,29)/t17-,18-,19+,20?/m1/s1. The molecule has 4 atom stereocenters.